The van der Waals surface area contributed by atoms with Gasteiger partial charge in [-0.25, -0.2) is 0 Å². The third-order valence-corrected chi connectivity index (χ3v) is 5.40. The highest BCUT2D eigenvalue weighted by molar-refractivity contribution is 5.58. The van der Waals surface area contributed by atoms with Crippen LogP contribution in [0.25, 0.3) is 0 Å². The van der Waals surface area contributed by atoms with Crippen LogP contribution in [0.15, 0.2) is 24.3 Å². The zero-order valence-corrected chi connectivity index (χ0v) is 13.4. The van der Waals surface area contributed by atoms with E-state index in [2.05, 4.69) is 35.0 Å². The fourth-order valence-electron chi connectivity index (χ4n) is 4.00. The zero-order valence-electron chi connectivity index (χ0n) is 13.4. The molecule has 0 N–H and O–H groups in total. The number of ether oxygens (including phenoxy) is 1. The first-order valence-electron chi connectivity index (χ1n) is 8.34. The van der Waals surface area contributed by atoms with E-state index in [0.29, 0.717) is 0 Å². The largest absolute Gasteiger partial charge is 0.495 e. The minimum Gasteiger partial charge on any atom is -0.495 e. The first kappa shape index (κ1) is 14.7. The number of nitrogens with zero attached hydrogens (tertiary/aromatic N) is 2. The van der Waals surface area contributed by atoms with E-state index in [4.69, 9.17) is 4.74 Å². The quantitative estimate of drug-likeness (QED) is 0.849. The van der Waals surface area contributed by atoms with Crippen LogP contribution in [-0.2, 0) is 0 Å². The van der Waals surface area contributed by atoms with Gasteiger partial charge in [-0.2, -0.15) is 0 Å². The topological polar surface area (TPSA) is 15.7 Å². The lowest BCUT2D eigenvalue weighted by atomic mass is 9.79. The summed E-state index contributed by atoms with van der Waals surface area (Å²) in [7, 11) is 4.02. The molecule has 116 valence electrons. The van der Waals surface area contributed by atoms with E-state index in [-0.39, 0.29) is 0 Å². The summed E-state index contributed by atoms with van der Waals surface area (Å²) in [6, 6.07) is 8.42. The Balaban J connectivity index is 1.57. The Morgan fingerprint density at radius 1 is 0.905 bits per heavy atom. The number of rotatable bonds is 3. The molecule has 1 aromatic rings. The van der Waals surface area contributed by atoms with Crippen LogP contribution in [-0.4, -0.2) is 45.2 Å². The molecule has 0 spiro atoms. The molecule has 3 heteroatoms. The minimum atomic E-state index is 0.935. The van der Waals surface area contributed by atoms with Crippen LogP contribution < -0.4 is 9.64 Å². The lowest BCUT2D eigenvalue weighted by Crippen LogP contribution is -2.39. The molecule has 0 bridgehead atoms. The summed E-state index contributed by atoms with van der Waals surface area (Å²) in [5, 5.41) is 0. The molecule has 21 heavy (non-hydrogen) atoms. The van der Waals surface area contributed by atoms with Crippen LogP contribution >= 0.6 is 0 Å². The number of hydrogen-bond acceptors (Lipinski definition) is 3. The minimum absolute atomic E-state index is 0.935. The summed E-state index contributed by atoms with van der Waals surface area (Å²) in [5.74, 6) is 2.90. The van der Waals surface area contributed by atoms with Crippen molar-refractivity contribution in [3.8, 4) is 5.75 Å². The summed E-state index contributed by atoms with van der Waals surface area (Å²) < 4.78 is 5.51. The van der Waals surface area contributed by atoms with Crippen LogP contribution in [0.5, 0.6) is 5.75 Å². The second-order valence-corrected chi connectivity index (χ2v) is 6.64. The first-order valence-corrected chi connectivity index (χ1v) is 8.34. The highest BCUT2D eigenvalue weighted by Gasteiger charge is 2.29. The summed E-state index contributed by atoms with van der Waals surface area (Å²) in [6.45, 7) is 4.93. The van der Waals surface area contributed by atoms with Gasteiger partial charge in [-0.05, 0) is 69.8 Å². The maximum atomic E-state index is 5.51. The van der Waals surface area contributed by atoms with Crippen LogP contribution in [0.2, 0.25) is 0 Å². The fourth-order valence-corrected chi connectivity index (χ4v) is 4.00. The maximum Gasteiger partial charge on any atom is 0.142 e. The van der Waals surface area contributed by atoms with Crippen molar-refractivity contribution in [1.82, 2.24) is 4.90 Å². The van der Waals surface area contributed by atoms with Crippen LogP contribution in [0.3, 0.4) is 0 Å². The number of likely N-dealkylation sites (tertiary alicyclic amines) is 1. The molecule has 2 aliphatic heterocycles. The molecular weight excluding hydrogens is 260 g/mol. The summed E-state index contributed by atoms with van der Waals surface area (Å²) in [6.07, 6.45) is 5.48. The molecule has 0 amide bonds. The first-order chi connectivity index (χ1) is 10.3. The third-order valence-electron chi connectivity index (χ3n) is 5.40. The normalized spacial score (nSPS) is 22.5. The van der Waals surface area contributed by atoms with E-state index in [0.717, 1.165) is 17.6 Å². The lowest BCUT2D eigenvalue weighted by molar-refractivity contribution is 0.154. The van der Waals surface area contributed by atoms with Gasteiger partial charge in [0.25, 0.3) is 0 Å². The van der Waals surface area contributed by atoms with Crippen molar-refractivity contribution in [2.75, 3.05) is 45.2 Å². The van der Waals surface area contributed by atoms with E-state index in [1.54, 1.807) is 7.11 Å². The van der Waals surface area contributed by atoms with Crippen molar-refractivity contribution >= 4 is 5.69 Å². The van der Waals surface area contributed by atoms with E-state index in [9.17, 15) is 0 Å². The average Bonchev–Trinajstić information content (AvgIpc) is 2.56. The molecule has 2 saturated heterocycles. The summed E-state index contributed by atoms with van der Waals surface area (Å²) >= 11 is 0. The van der Waals surface area contributed by atoms with Gasteiger partial charge in [0, 0.05) is 13.1 Å². The number of para-hydroxylation sites is 2. The molecule has 1 aromatic carbocycles. The summed E-state index contributed by atoms with van der Waals surface area (Å²) in [4.78, 5) is 4.98. The van der Waals surface area contributed by atoms with Crippen molar-refractivity contribution in [3.05, 3.63) is 24.3 Å². The Bertz CT molecular complexity index is 446. The van der Waals surface area contributed by atoms with Crippen molar-refractivity contribution in [3.63, 3.8) is 0 Å². The lowest BCUT2D eigenvalue weighted by Gasteiger charge is -2.40. The molecule has 0 aliphatic carbocycles. The zero-order chi connectivity index (χ0) is 14.7. The molecule has 0 aromatic heterocycles. The van der Waals surface area contributed by atoms with Gasteiger partial charge in [0.15, 0.2) is 0 Å². The van der Waals surface area contributed by atoms with Gasteiger partial charge in [0.1, 0.15) is 5.75 Å². The van der Waals surface area contributed by atoms with Gasteiger partial charge >= 0.3 is 0 Å². The Morgan fingerprint density at radius 3 is 2.10 bits per heavy atom. The average molecular weight is 288 g/mol. The number of methoxy groups -OCH3 is 1. The Kier molecular flexibility index (Phi) is 4.69. The molecule has 0 saturated carbocycles. The molecular formula is C18H28N2O. The van der Waals surface area contributed by atoms with Gasteiger partial charge in [-0.15, -0.1) is 0 Å². The maximum absolute atomic E-state index is 5.51. The standard InChI is InChI=1S/C18H28N2O/c1-19-11-7-15(8-12-19)16-9-13-20(14-10-16)17-5-3-4-6-18(17)21-2/h3-6,15-16H,7-14H2,1-2H3. The Labute approximate surface area is 128 Å². The third kappa shape index (κ3) is 3.34. The fraction of sp³-hybridized carbons (Fsp3) is 0.667. The molecule has 3 nitrogen and oxygen atoms in total. The molecule has 0 atom stereocenters. The summed E-state index contributed by atoms with van der Waals surface area (Å²) in [5.41, 5.74) is 1.27. The van der Waals surface area contributed by atoms with E-state index >= 15 is 0 Å². The Hall–Kier alpha value is -1.22. The highest BCUT2D eigenvalue weighted by atomic mass is 16.5. The van der Waals surface area contributed by atoms with Crippen molar-refractivity contribution in [1.29, 1.82) is 0 Å². The van der Waals surface area contributed by atoms with Crippen LogP contribution in [0.1, 0.15) is 25.7 Å². The molecule has 0 unspecified atom stereocenters. The van der Waals surface area contributed by atoms with Crippen LogP contribution in [0, 0.1) is 11.8 Å². The van der Waals surface area contributed by atoms with E-state index in [1.165, 1.54) is 57.5 Å². The van der Waals surface area contributed by atoms with Crippen molar-refractivity contribution < 1.29 is 4.74 Å². The van der Waals surface area contributed by atoms with Gasteiger partial charge < -0.3 is 14.5 Å². The Morgan fingerprint density at radius 2 is 1.48 bits per heavy atom. The molecule has 0 radical (unpaired) electrons. The number of hydrogen-bond donors (Lipinski definition) is 0. The van der Waals surface area contributed by atoms with Crippen molar-refractivity contribution in [2.45, 2.75) is 25.7 Å². The monoisotopic (exact) mass is 288 g/mol. The number of piperidine rings is 2. The van der Waals surface area contributed by atoms with E-state index < -0.39 is 0 Å². The second-order valence-electron chi connectivity index (χ2n) is 6.64. The molecule has 2 fully saturated rings. The second kappa shape index (κ2) is 6.69. The predicted molar refractivity (Wildman–Crippen MR) is 88.2 cm³/mol. The number of anilines is 1. The SMILES string of the molecule is COc1ccccc1N1CCC(C2CCN(C)CC2)CC1. The van der Waals surface area contributed by atoms with Gasteiger partial charge in [0.2, 0.25) is 0 Å². The van der Waals surface area contributed by atoms with Gasteiger partial charge in [0.05, 0.1) is 12.8 Å². The smallest absolute Gasteiger partial charge is 0.142 e. The molecule has 2 heterocycles. The van der Waals surface area contributed by atoms with E-state index in [1.807, 2.05) is 6.07 Å². The van der Waals surface area contributed by atoms with Crippen molar-refractivity contribution in [2.24, 2.45) is 11.8 Å². The predicted octanol–water partition coefficient (Wildman–Crippen LogP) is 3.25. The van der Waals surface area contributed by atoms with Gasteiger partial charge in [-0.1, -0.05) is 12.1 Å². The number of benzene rings is 1. The molecule has 3 rings (SSSR count). The molecule has 2 aliphatic rings. The highest BCUT2D eigenvalue weighted by Crippen LogP contribution is 2.36. The van der Waals surface area contributed by atoms with Crippen LogP contribution in [0.4, 0.5) is 5.69 Å². The van der Waals surface area contributed by atoms with Gasteiger partial charge in [-0.3, -0.25) is 0 Å².